The van der Waals surface area contributed by atoms with E-state index in [0.29, 0.717) is 18.8 Å². The minimum Gasteiger partial charge on any atom is -0.494 e. The predicted octanol–water partition coefficient (Wildman–Crippen LogP) is 2.41. The monoisotopic (exact) mass is 302 g/mol. The summed E-state index contributed by atoms with van der Waals surface area (Å²) in [6.45, 7) is 4.11. The molecule has 1 amide bonds. The van der Waals surface area contributed by atoms with Gasteiger partial charge in [0.25, 0.3) is 5.91 Å². The van der Waals surface area contributed by atoms with E-state index >= 15 is 0 Å². The van der Waals surface area contributed by atoms with Crippen LogP contribution in [0.15, 0.2) is 24.3 Å². The second kappa shape index (κ2) is 6.40. The molecule has 0 bridgehead atoms. The van der Waals surface area contributed by atoms with Crippen LogP contribution in [-0.4, -0.2) is 47.2 Å². The Hall–Kier alpha value is -2.01. The normalized spacial score (nSPS) is 18.6. The summed E-state index contributed by atoms with van der Waals surface area (Å²) in [6, 6.07) is 7.68. The number of likely N-dealkylation sites (tertiary alicyclic amines) is 1. The molecule has 1 atom stereocenters. The molecule has 1 aromatic carbocycles. The molecule has 1 saturated heterocycles. The van der Waals surface area contributed by atoms with Crippen LogP contribution in [-0.2, 0) is 0 Å². The average Bonchev–Trinajstić information content (AvgIpc) is 2.97. The number of rotatable bonds is 4. The smallest absolute Gasteiger partial charge is 0.270 e. The van der Waals surface area contributed by atoms with Gasteiger partial charge in [0.15, 0.2) is 0 Å². The third-order valence-electron chi connectivity index (χ3n) is 4.20. The second-order valence-corrected chi connectivity index (χ2v) is 5.81. The molecular weight excluding hydrogens is 280 g/mol. The van der Waals surface area contributed by atoms with Crippen molar-refractivity contribution >= 4 is 16.8 Å². The van der Waals surface area contributed by atoms with Crippen molar-refractivity contribution < 1.29 is 14.6 Å². The van der Waals surface area contributed by atoms with Crippen molar-refractivity contribution in [3.8, 4) is 5.75 Å². The van der Waals surface area contributed by atoms with Gasteiger partial charge in [0.05, 0.1) is 6.61 Å². The van der Waals surface area contributed by atoms with Gasteiger partial charge in [-0.3, -0.25) is 4.79 Å². The molecule has 2 aromatic rings. The number of carbonyl (C=O) groups is 1. The van der Waals surface area contributed by atoms with Crippen LogP contribution in [0.2, 0.25) is 0 Å². The minimum atomic E-state index is 0.00677. The first-order valence-electron chi connectivity index (χ1n) is 7.87. The van der Waals surface area contributed by atoms with Crippen molar-refractivity contribution in [3.05, 3.63) is 30.0 Å². The van der Waals surface area contributed by atoms with Crippen molar-refractivity contribution in [1.82, 2.24) is 9.88 Å². The zero-order chi connectivity index (χ0) is 15.5. The standard InChI is InChI=1S/C17H22N2O3/c1-2-22-14-6-5-13-8-16(18-15(13)9-14)17(21)19-7-3-4-12(10-19)11-20/h5-6,8-9,12,18,20H,2-4,7,10-11H2,1H3. The third kappa shape index (κ3) is 2.95. The quantitative estimate of drug-likeness (QED) is 0.911. The van der Waals surface area contributed by atoms with E-state index in [-0.39, 0.29) is 18.4 Å². The van der Waals surface area contributed by atoms with Gasteiger partial charge < -0.3 is 19.7 Å². The number of aliphatic hydroxyl groups is 1. The first-order valence-corrected chi connectivity index (χ1v) is 7.87. The van der Waals surface area contributed by atoms with Gasteiger partial charge in [0, 0.05) is 36.7 Å². The number of aromatic amines is 1. The summed E-state index contributed by atoms with van der Waals surface area (Å²) in [5.74, 6) is 1.01. The molecular formula is C17H22N2O3. The number of hydrogen-bond donors (Lipinski definition) is 2. The van der Waals surface area contributed by atoms with E-state index in [0.717, 1.165) is 36.0 Å². The number of aliphatic hydroxyl groups excluding tert-OH is 1. The van der Waals surface area contributed by atoms with E-state index < -0.39 is 0 Å². The van der Waals surface area contributed by atoms with E-state index in [1.54, 1.807) is 0 Å². The number of nitrogens with zero attached hydrogens (tertiary/aromatic N) is 1. The Kier molecular flexibility index (Phi) is 4.34. The molecule has 3 rings (SSSR count). The van der Waals surface area contributed by atoms with Gasteiger partial charge in [0.2, 0.25) is 0 Å². The molecule has 2 heterocycles. The molecule has 1 unspecified atom stereocenters. The molecule has 0 spiro atoms. The number of fused-ring (bicyclic) bond motifs is 1. The van der Waals surface area contributed by atoms with Crippen molar-refractivity contribution in [2.24, 2.45) is 5.92 Å². The third-order valence-corrected chi connectivity index (χ3v) is 4.20. The highest BCUT2D eigenvalue weighted by molar-refractivity contribution is 5.98. The number of aromatic nitrogens is 1. The van der Waals surface area contributed by atoms with Gasteiger partial charge in [0.1, 0.15) is 11.4 Å². The van der Waals surface area contributed by atoms with Crippen molar-refractivity contribution in [1.29, 1.82) is 0 Å². The number of benzene rings is 1. The lowest BCUT2D eigenvalue weighted by Gasteiger charge is -2.31. The lowest BCUT2D eigenvalue weighted by molar-refractivity contribution is 0.0616. The van der Waals surface area contributed by atoms with Crippen LogP contribution < -0.4 is 4.74 Å². The molecule has 1 aromatic heterocycles. The fourth-order valence-corrected chi connectivity index (χ4v) is 3.05. The fraction of sp³-hybridized carbons (Fsp3) is 0.471. The highest BCUT2D eigenvalue weighted by Gasteiger charge is 2.25. The summed E-state index contributed by atoms with van der Waals surface area (Å²) in [5, 5.41) is 10.3. The Morgan fingerprint density at radius 2 is 2.32 bits per heavy atom. The Balaban J connectivity index is 1.81. The van der Waals surface area contributed by atoms with Gasteiger partial charge in [-0.2, -0.15) is 0 Å². The summed E-state index contributed by atoms with van der Waals surface area (Å²) in [5.41, 5.74) is 1.51. The molecule has 22 heavy (non-hydrogen) atoms. The zero-order valence-corrected chi connectivity index (χ0v) is 12.8. The molecule has 118 valence electrons. The largest absolute Gasteiger partial charge is 0.494 e. The van der Waals surface area contributed by atoms with Crippen molar-refractivity contribution in [3.63, 3.8) is 0 Å². The van der Waals surface area contributed by atoms with Crippen LogP contribution in [0.25, 0.3) is 10.9 Å². The lowest BCUT2D eigenvalue weighted by Crippen LogP contribution is -2.41. The maximum Gasteiger partial charge on any atom is 0.270 e. The molecule has 0 saturated carbocycles. The topological polar surface area (TPSA) is 65.6 Å². The highest BCUT2D eigenvalue weighted by Crippen LogP contribution is 2.23. The maximum absolute atomic E-state index is 12.6. The predicted molar refractivity (Wildman–Crippen MR) is 85.2 cm³/mol. The van der Waals surface area contributed by atoms with E-state index in [1.165, 1.54) is 0 Å². The molecule has 1 aliphatic heterocycles. The number of nitrogens with one attached hydrogen (secondary N) is 1. The summed E-state index contributed by atoms with van der Waals surface area (Å²) in [6.07, 6.45) is 1.94. The second-order valence-electron chi connectivity index (χ2n) is 5.81. The van der Waals surface area contributed by atoms with Gasteiger partial charge in [-0.15, -0.1) is 0 Å². The number of amides is 1. The zero-order valence-electron chi connectivity index (χ0n) is 12.8. The Morgan fingerprint density at radius 1 is 1.45 bits per heavy atom. The van der Waals surface area contributed by atoms with Crippen molar-refractivity contribution in [2.75, 3.05) is 26.3 Å². The highest BCUT2D eigenvalue weighted by atomic mass is 16.5. The molecule has 5 heteroatoms. The molecule has 1 aliphatic rings. The number of carbonyl (C=O) groups excluding carboxylic acids is 1. The van der Waals surface area contributed by atoms with Crippen LogP contribution in [0.3, 0.4) is 0 Å². The number of hydrogen-bond acceptors (Lipinski definition) is 3. The lowest BCUT2D eigenvalue weighted by atomic mass is 9.99. The average molecular weight is 302 g/mol. The summed E-state index contributed by atoms with van der Waals surface area (Å²) < 4.78 is 5.49. The maximum atomic E-state index is 12.6. The number of H-pyrrole nitrogens is 1. The Morgan fingerprint density at radius 3 is 3.09 bits per heavy atom. The van der Waals surface area contributed by atoms with Crippen LogP contribution in [0.4, 0.5) is 0 Å². The van der Waals surface area contributed by atoms with Crippen LogP contribution in [0.1, 0.15) is 30.3 Å². The first kappa shape index (κ1) is 14.9. The molecule has 1 fully saturated rings. The van der Waals surface area contributed by atoms with Crippen LogP contribution in [0.5, 0.6) is 5.75 Å². The van der Waals surface area contributed by atoms with Gasteiger partial charge >= 0.3 is 0 Å². The fourth-order valence-electron chi connectivity index (χ4n) is 3.05. The van der Waals surface area contributed by atoms with E-state index in [2.05, 4.69) is 4.98 Å². The summed E-state index contributed by atoms with van der Waals surface area (Å²) in [4.78, 5) is 17.6. The Bertz CT molecular complexity index is 665. The van der Waals surface area contributed by atoms with Gasteiger partial charge in [-0.1, -0.05) is 0 Å². The molecule has 0 radical (unpaired) electrons. The summed E-state index contributed by atoms with van der Waals surface area (Å²) in [7, 11) is 0. The molecule has 0 aliphatic carbocycles. The first-order chi connectivity index (χ1) is 10.7. The summed E-state index contributed by atoms with van der Waals surface area (Å²) >= 11 is 0. The van der Waals surface area contributed by atoms with Gasteiger partial charge in [-0.25, -0.2) is 0 Å². The number of piperidine rings is 1. The van der Waals surface area contributed by atoms with Gasteiger partial charge in [-0.05, 0) is 43.9 Å². The van der Waals surface area contributed by atoms with Crippen LogP contribution >= 0.6 is 0 Å². The van der Waals surface area contributed by atoms with Crippen LogP contribution in [0, 0.1) is 5.92 Å². The Labute approximate surface area is 129 Å². The molecule has 2 N–H and O–H groups in total. The van der Waals surface area contributed by atoms with Crippen molar-refractivity contribution in [2.45, 2.75) is 19.8 Å². The van der Waals surface area contributed by atoms with E-state index in [1.807, 2.05) is 36.1 Å². The SMILES string of the molecule is CCOc1ccc2cc(C(=O)N3CCCC(CO)C3)[nH]c2c1. The van der Waals surface area contributed by atoms with E-state index in [4.69, 9.17) is 4.74 Å². The van der Waals surface area contributed by atoms with E-state index in [9.17, 15) is 9.90 Å². The molecule has 5 nitrogen and oxygen atoms in total. The minimum absolute atomic E-state index is 0.00677. The number of ether oxygens (including phenoxy) is 1.